The molecule has 4 nitrogen and oxygen atoms in total. The van der Waals surface area contributed by atoms with E-state index in [-0.39, 0.29) is 23.5 Å². The number of hydrogen-bond acceptors (Lipinski definition) is 3. The third kappa shape index (κ3) is 6.82. The molecule has 4 rings (SSSR count). The molecule has 0 aromatic heterocycles. The molecule has 2 aliphatic carbocycles. The Kier molecular flexibility index (Phi) is 7.81. The van der Waals surface area contributed by atoms with Crippen molar-refractivity contribution in [3.63, 3.8) is 0 Å². The number of halogens is 3. The lowest BCUT2D eigenvalue weighted by molar-refractivity contribution is -0.161. The third-order valence-corrected chi connectivity index (χ3v) is 7.24. The molecule has 0 saturated heterocycles. The van der Waals surface area contributed by atoms with Crippen LogP contribution in [0.2, 0.25) is 0 Å². The highest BCUT2D eigenvalue weighted by Crippen LogP contribution is 2.50. The van der Waals surface area contributed by atoms with Crippen molar-refractivity contribution in [1.82, 2.24) is 0 Å². The molecule has 2 aromatic rings. The SMILES string of the molecule is CC(C)(C)OC(=O)C1(Cc2ccc(F)c(NC(=O)C(c3ccc(C=C(F)F)cc3)C3CCCC3)c2)CC1. The number of carbonyl (C=O) groups excluding carboxylic acids is 2. The summed E-state index contributed by atoms with van der Waals surface area (Å²) in [7, 11) is 0. The second-order valence-corrected chi connectivity index (χ2v) is 11.4. The molecule has 7 heteroatoms. The average Bonchev–Trinajstić information content (AvgIpc) is 3.40. The first-order chi connectivity index (χ1) is 17.5. The number of anilines is 1. The van der Waals surface area contributed by atoms with Crippen LogP contribution in [0.3, 0.4) is 0 Å². The van der Waals surface area contributed by atoms with Crippen LogP contribution in [0.5, 0.6) is 0 Å². The summed E-state index contributed by atoms with van der Waals surface area (Å²) in [6.07, 6.45) is 4.60. The highest BCUT2D eigenvalue weighted by atomic mass is 19.3. The summed E-state index contributed by atoms with van der Waals surface area (Å²) in [6.45, 7) is 5.49. The molecule has 2 saturated carbocycles. The van der Waals surface area contributed by atoms with Crippen LogP contribution in [0.15, 0.2) is 48.5 Å². The summed E-state index contributed by atoms with van der Waals surface area (Å²) < 4.78 is 45.6. The molecule has 1 amide bonds. The highest BCUT2D eigenvalue weighted by Gasteiger charge is 2.52. The minimum Gasteiger partial charge on any atom is -0.460 e. The zero-order valence-corrected chi connectivity index (χ0v) is 21.6. The van der Waals surface area contributed by atoms with Crippen LogP contribution in [0, 0.1) is 17.2 Å². The van der Waals surface area contributed by atoms with Gasteiger partial charge in [0.1, 0.15) is 11.4 Å². The summed E-state index contributed by atoms with van der Waals surface area (Å²) in [6, 6.07) is 11.1. The summed E-state index contributed by atoms with van der Waals surface area (Å²) in [5, 5.41) is 2.78. The molecule has 0 spiro atoms. The summed E-state index contributed by atoms with van der Waals surface area (Å²) >= 11 is 0. The Balaban J connectivity index is 1.53. The van der Waals surface area contributed by atoms with E-state index in [2.05, 4.69) is 5.32 Å². The molecule has 0 radical (unpaired) electrons. The summed E-state index contributed by atoms with van der Waals surface area (Å²) in [5.41, 5.74) is 0.713. The van der Waals surface area contributed by atoms with Gasteiger partial charge in [0.25, 0.3) is 6.08 Å². The van der Waals surface area contributed by atoms with Crippen LogP contribution in [0.4, 0.5) is 18.9 Å². The molecular weight excluding hydrogens is 479 g/mol. The normalized spacial score (nSPS) is 17.7. The first-order valence-corrected chi connectivity index (χ1v) is 12.9. The van der Waals surface area contributed by atoms with Gasteiger partial charge in [-0.25, -0.2) is 4.39 Å². The lowest BCUT2D eigenvalue weighted by Crippen LogP contribution is -2.31. The van der Waals surface area contributed by atoms with Crippen molar-refractivity contribution in [2.45, 2.75) is 77.2 Å². The molecule has 2 fully saturated rings. The van der Waals surface area contributed by atoms with Gasteiger partial charge in [-0.2, -0.15) is 8.78 Å². The Morgan fingerprint density at radius 2 is 1.73 bits per heavy atom. The summed E-state index contributed by atoms with van der Waals surface area (Å²) in [5.74, 6) is -1.55. The molecule has 1 N–H and O–H groups in total. The minimum absolute atomic E-state index is 0.0736. The Morgan fingerprint density at radius 1 is 1.08 bits per heavy atom. The van der Waals surface area contributed by atoms with Crippen molar-refractivity contribution in [1.29, 1.82) is 0 Å². The van der Waals surface area contributed by atoms with Gasteiger partial charge in [0.05, 0.1) is 17.0 Å². The van der Waals surface area contributed by atoms with E-state index in [1.54, 1.807) is 36.4 Å². The predicted molar refractivity (Wildman–Crippen MR) is 138 cm³/mol. The quantitative estimate of drug-likeness (QED) is 0.369. The fraction of sp³-hybridized carbons (Fsp3) is 0.467. The van der Waals surface area contributed by atoms with E-state index in [1.165, 1.54) is 6.07 Å². The van der Waals surface area contributed by atoms with Gasteiger partial charge in [0.15, 0.2) is 0 Å². The van der Waals surface area contributed by atoms with E-state index >= 15 is 0 Å². The van der Waals surface area contributed by atoms with Crippen molar-refractivity contribution >= 4 is 23.6 Å². The predicted octanol–water partition coefficient (Wildman–Crippen LogP) is 7.64. The van der Waals surface area contributed by atoms with E-state index in [9.17, 15) is 22.8 Å². The fourth-order valence-electron chi connectivity index (χ4n) is 5.22. The number of benzene rings is 2. The number of hydrogen-bond donors (Lipinski definition) is 1. The Hall–Kier alpha value is -3.09. The van der Waals surface area contributed by atoms with Gasteiger partial charge in [0, 0.05) is 6.08 Å². The van der Waals surface area contributed by atoms with E-state index < -0.39 is 28.8 Å². The first kappa shape index (κ1) is 27.0. The molecule has 0 heterocycles. The number of esters is 1. The maximum Gasteiger partial charge on any atom is 0.312 e. The molecule has 2 aromatic carbocycles. The van der Waals surface area contributed by atoms with Crippen LogP contribution in [-0.4, -0.2) is 17.5 Å². The van der Waals surface area contributed by atoms with Crippen molar-refractivity contribution in [2.75, 3.05) is 5.32 Å². The monoisotopic (exact) mass is 513 g/mol. The van der Waals surface area contributed by atoms with Crippen molar-refractivity contribution < 1.29 is 27.5 Å². The lowest BCUT2D eigenvalue weighted by atomic mass is 9.83. The second-order valence-electron chi connectivity index (χ2n) is 11.4. The lowest BCUT2D eigenvalue weighted by Gasteiger charge is -2.25. The van der Waals surface area contributed by atoms with E-state index in [0.717, 1.165) is 42.9 Å². The van der Waals surface area contributed by atoms with Gasteiger partial charge in [0.2, 0.25) is 5.91 Å². The van der Waals surface area contributed by atoms with Crippen LogP contribution in [0.1, 0.15) is 81.9 Å². The largest absolute Gasteiger partial charge is 0.460 e. The van der Waals surface area contributed by atoms with Crippen LogP contribution < -0.4 is 5.32 Å². The molecule has 2 aliphatic rings. The van der Waals surface area contributed by atoms with Gasteiger partial charge in [-0.05, 0) is 87.6 Å². The zero-order chi connectivity index (χ0) is 26.8. The molecule has 1 unspecified atom stereocenters. The van der Waals surface area contributed by atoms with Crippen molar-refractivity contribution in [3.8, 4) is 0 Å². The number of carbonyl (C=O) groups is 2. The van der Waals surface area contributed by atoms with Gasteiger partial charge < -0.3 is 10.1 Å². The van der Waals surface area contributed by atoms with Crippen LogP contribution in [0.25, 0.3) is 6.08 Å². The maximum atomic E-state index is 14.8. The van der Waals surface area contributed by atoms with Crippen molar-refractivity contribution in [2.24, 2.45) is 11.3 Å². The van der Waals surface area contributed by atoms with Crippen LogP contribution >= 0.6 is 0 Å². The smallest absolute Gasteiger partial charge is 0.312 e. The Morgan fingerprint density at radius 3 is 2.30 bits per heavy atom. The number of rotatable bonds is 8. The standard InChI is InChI=1S/C30H34F3NO3/c1-29(2,3)37-28(36)30(14-15-30)18-20-10-13-23(31)24(16-20)34-27(35)26(21-6-4-5-7-21)22-11-8-19(9-12-22)17-25(32)33/h8-13,16-17,21,26H,4-7,14-15,18H2,1-3H3,(H,34,35). The van der Waals surface area contributed by atoms with E-state index in [0.29, 0.717) is 24.8 Å². The zero-order valence-electron chi connectivity index (χ0n) is 21.6. The van der Waals surface area contributed by atoms with E-state index in [1.807, 2.05) is 20.8 Å². The Bertz CT molecular complexity index is 1170. The van der Waals surface area contributed by atoms with Crippen molar-refractivity contribution in [3.05, 3.63) is 71.1 Å². The van der Waals surface area contributed by atoms with Gasteiger partial charge in [-0.15, -0.1) is 0 Å². The molecule has 1 atom stereocenters. The topological polar surface area (TPSA) is 55.4 Å². The average molecular weight is 514 g/mol. The second kappa shape index (κ2) is 10.7. The highest BCUT2D eigenvalue weighted by molar-refractivity contribution is 5.96. The summed E-state index contributed by atoms with van der Waals surface area (Å²) in [4.78, 5) is 26.2. The van der Waals surface area contributed by atoms with Gasteiger partial charge >= 0.3 is 5.97 Å². The van der Waals surface area contributed by atoms with E-state index in [4.69, 9.17) is 4.74 Å². The fourth-order valence-corrected chi connectivity index (χ4v) is 5.22. The molecule has 0 aliphatic heterocycles. The molecular formula is C30H34F3NO3. The number of amides is 1. The number of ether oxygens (including phenoxy) is 1. The maximum absolute atomic E-state index is 14.8. The Labute approximate surface area is 216 Å². The molecule has 0 bridgehead atoms. The van der Waals surface area contributed by atoms with Gasteiger partial charge in [-0.1, -0.05) is 43.2 Å². The third-order valence-electron chi connectivity index (χ3n) is 7.24. The van der Waals surface area contributed by atoms with Crippen LogP contribution in [-0.2, 0) is 20.7 Å². The molecule has 198 valence electrons. The molecule has 37 heavy (non-hydrogen) atoms. The first-order valence-electron chi connectivity index (χ1n) is 12.9. The number of nitrogens with one attached hydrogen (secondary N) is 1. The minimum atomic E-state index is -1.78. The van der Waals surface area contributed by atoms with Gasteiger partial charge in [-0.3, -0.25) is 9.59 Å².